The van der Waals surface area contributed by atoms with Gasteiger partial charge in [0.15, 0.2) is 0 Å². The van der Waals surface area contributed by atoms with E-state index in [2.05, 4.69) is 29.0 Å². The Labute approximate surface area is 112 Å². The van der Waals surface area contributed by atoms with Crippen LogP contribution in [-0.4, -0.2) is 33.5 Å². The topological polar surface area (TPSA) is 67.9 Å². The fraction of sp³-hybridized carbons (Fsp3) is 0.750. The van der Waals surface area contributed by atoms with Crippen LogP contribution in [0.1, 0.15) is 45.9 Å². The minimum Gasteiger partial charge on any atom is -0.465 e. The number of nitrogens with one attached hydrogen (secondary N) is 1. The number of aromatic nitrogens is 3. The minimum atomic E-state index is -0.212. The lowest BCUT2D eigenvalue weighted by atomic mass is 10.1. The number of hydrogen-bond donors (Lipinski definition) is 1. The van der Waals surface area contributed by atoms with E-state index in [1.807, 2.05) is 13.8 Å². The average molecular weight is 271 g/mol. The molecule has 0 fully saturated rings. The largest absolute Gasteiger partial charge is 0.465 e. The zero-order valence-corrected chi connectivity index (χ0v) is 12.2. The molecule has 0 saturated carbocycles. The number of carbonyl (C=O) groups excluding carboxylic acids is 1. The van der Waals surface area contributed by atoms with E-state index in [0.29, 0.717) is 23.6 Å². The van der Waals surface area contributed by atoms with E-state index in [4.69, 9.17) is 4.74 Å². The standard InChI is InChI=1S/C12H21N3O2S/c1-8(2)5-6-17-10(16)7-18-12-13-11(9(3)4)14-15-12/h8-9H,5-7H2,1-4H3,(H,13,14,15). The van der Waals surface area contributed by atoms with E-state index >= 15 is 0 Å². The van der Waals surface area contributed by atoms with Crippen molar-refractivity contribution in [3.05, 3.63) is 5.82 Å². The summed E-state index contributed by atoms with van der Waals surface area (Å²) in [5, 5.41) is 7.49. The molecular weight excluding hydrogens is 250 g/mol. The van der Waals surface area contributed by atoms with Gasteiger partial charge in [-0.25, -0.2) is 4.98 Å². The van der Waals surface area contributed by atoms with Gasteiger partial charge in [0.25, 0.3) is 0 Å². The fourth-order valence-corrected chi connectivity index (χ4v) is 1.76. The number of ether oxygens (including phenoxy) is 1. The van der Waals surface area contributed by atoms with Crippen molar-refractivity contribution in [2.45, 2.75) is 45.2 Å². The molecule has 1 aromatic heterocycles. The Morgan fingerprint density at radius 3 is 2.67 bits per heavy atom. The summed E-state index contributed by atoms with van der Waals surface area (Å²) in [4.78, 5) is 15.7. The predicted molar refractivity (Wildman–Crippen MR) is 71.6 cm³/mol. The lowest BCUT2D eigenvalue weighted by molar-refractivity contribution is -0.140. The zero-order chi connectivity index (χ0) is 13.5. The molecule has 0 saturated heterocycles. The van der Waals surface area contributed by atoms with Crippen molar-refractivity contribution in [2.24, 2.45) is 5.92 Å². The summed E-state index contributed by atoms with van der Waals surface area (Å²) in [6.45, 7) is 8.76. The molecule has 0 aliphatic rings. The van der Waals surface area contributed by atoms with E-state index in [9.17, 15) is 4.79 Å². The molecule has 1 heterocycles. The van der Waals surface area contributed by atoms with E-state index in [0.717, 1.165) is 12.2 Å². The van der Waals surface area contributed by atoms with Gasteiger partial charge in [-0.15, -0.1) is 5.10 Å². The molecule has 0 aliphatic heterocycles. The minimum absolute atomic E-state index is 0.212. The summed E-state index contributed by atoms with van der Waals surface area (Å²) in [6.07, 6.45) is 0.897. The van der Waals surface area contributed by atoms with Crippen LogP contribution in [-0.2, 0) is 9.53 Å². The molecule has 1 rings (SSSR count). The lowest BCUT2D eigenvalue weighted by Crippen LogP contribution is -2.10. The van der Waals surface area contributed by atoms with Gasteiger partial charge in [-0.05, 0) is 12.3 Å². The monoisotopic (exact) mass is 271 g/mol. The number of rotatable bonds is 7. The number of esters is 1. The van der Waals surface area contributed by atoms with Gasteiger partial charge >= 0.3 is 5.97 Å². The summed E-state index contributed by atoms with van der Waals surface area (Å²) in [6, 6.07) is 0. The highest BCUT2D eigenvalue weighted by Gasteiger charge is 2.10. The molecule has 1 N–H and O–H groups in total. The number of thioether (sulfide) groups is 1. The molecule has 0 amide bonds. The van der Waals surface area contributed by atoms with E-state index in [1.54, 1.807) is 0 Å². The molecule has 6 heteroatoms. The van der Waals surface area contributed by atoms with Gasteiger partial charge in [-0.1, -0.05) is 39.5 Å². The molecule has 0 aromatic carbocycles. The van der Waals surface area contributed by atoms with Crippen LogP contribution in [0, 0.1) is 5.92 Å². The first-order valence-corrected chi connectivity index (χ1v) is 7.18. The molecule has 0 aliphatic carbocycles. The first-order valence-electron chi connectivity index (χ1n) is 6.19. The van der Waals surface area contributed by atoms with Gasteiger partial charge in [-0.3, -0.25) is 9.89 Å². The fourth-order valence-electron chi connectivity index (χ4n) is 1.15. The summed E-state index contributed by atoms with van der Waals surface area (Å²) >= 11 is 1.30. The zero-order valence-electron chi connectivity index (χ0n) is 11.4. The molecule has 18 heavy (non-hydrogen) atoms. The third kappa shape index (κ3) is 5.53. The van der Waals surface area contributed by atoms with E-state index < -0.39 is 0 Å². The van der Waals surface area contributed by atoms with Gasteiger partial charge in [0, 0.05) is 5.92 Å². The van der Waals surface area contributed by atoms with Crippen LogP contribution in [0.2, 0.25) is 0 Å². The first-order chi connectivity index (χ1) is 8.49. The number of hydrogen-bond acceptors (Lipinski definition) is 5. The molecule has 0 atom stereocenters. The highest BCUT2D eigenvalue weighted by Crippen LogP contribution is 2.16. The van der Waals surface area contributed by atoms with Gasteiger partial charge in [0.1, 0.15) is 5.82 Å². The molecule has 102 valence electrons. The average Bonchev–Trinajstić information content (AvgIpc) is 2.74. The van der Waals surface area contributed by atoms with E-state index in [-0.39, 0.29) is 11.7 Å². The third-order valence-corrected chi connectivity index (χ3v) is 3.13. The van der Waals surface area contributed by atoms with Crippen molar-refractivity contribution in [2.75, 3.05) is 12.4 Å². The number of aromatic amines is 1. The Kier molecular flexibility index (Phi) is 6.18. The number of nitrogens with zero attached hydrogens (tertiary/aromatic N) is 2. The highest BCUT2D eigenvalue weighted by atomic mass is 32.2. The summed E-state index contributed by atoms with van der Waals surface area (Å²) in [5.74, 6) is 1.74. The summed E-state index contributed by atoms with van der Waals surface area (Å²) in [7, 11) is 0. The maximum atomic E-state index is 11.4. The van der Waals surface area contributed by atoms with Gasteiger partial charge < -0.3 is 4.74 Å². The second-order valence-electron chi connectivity index (χ2n) is 4.85. The van der Waals surface area contributed by atoms with Crippen molar-refractivity contribution in [3.8, 4) is 0 Å². The van der Waals surface area contributed by atoms with Gasteiger partial charge in [-0.2, -0.15) is 0 Å². The highest BCUT2D eigenvalue weighted by molar-refractivity contribution is 7.99. The second-order valence-corrected chi connectivity index (χ2v) is 5.79. The first kappa shape index (κ1) is 15.0. The molecular formula is C12H21N3O2S. The summed E-state index contributed by atoms with van der Waals surface area (Å²) in [5.41, 5.74) is 0. The second kappa shape index (κ2) is 7.41. The maximum absolute atomic E-state index is 11.4. The van der Waals surface area contributed by atoms with Crippen LogP contribution < -0.4 is 0 Å². The molecule has 0 bridgehead atoms. The van der Waals surface area contributed by atoms with Crippen molar-refractivity contribution in [3.63, 3.8) is 0 Å². The molecule has 5 nitrogen and oxygen atoms in total. The van der Waals surface area contributed by atoms with E-state index in [1.165, 1.54) is 11.8 Å². The molecule has 0 unspecified atom stereocenters. The van der Waals surface area contributed by atoms with Crippen molar-refractivity contribution in [1.29, 1.82) is 0 Å². The van der Waals surface area contributed by atoms with Gasteiger partial charge in [0.05, 0.1) is 12.4 Å². The van der Waals surface area contributed by atoms with Crippen LogP contribution in [0.4, 0.5) is 0 Å². The third-order valence-electron chi connectivity index (χ3n) is 2.31. The van der Waals surface area contributed by atoms with Gasteiger partial charge in [0.2, 0.25) is 5.16 Å². The summed E-state index contributed by atoms with van der Waals surface area (Å²) < 4.78 is 5.10. The quantitative estimate of drug-likeness (QED) is 0.610. The Morgan fingerprint density at radius 1 is 1.39 bits per heavy atom. The smallest absolute Gasteiger partial charge is 0.316 e. The lowest BCUT2D eigenvalue weighted by Gasteiger charge is -2.05. The maximum Gasteiger partial charge on any atom is 0.316 e. The molecule has 0 spiro atoms. The molecule has 1 aromatic rings. The predicted octanol–water partition coefficient (Wildman–Crippen LogP) is 2.61. The Balaban J connectivity index is 2.25. The Hall–Kier alpha value is -1.04. The normalized spacial score (nSPS) is 11.2. The molecule has 0 radical (unpaired) electrons. The van der Waals surface area contributed by atoms with Crippen LogP contribution in [0.15, 0.2) is 5.16 Å². The number of H-pyrrole nitrogens is 1. The number of carbonyl (C=O) groups is 1. The van der Waals surface area contributed by atoms with Crippen LogP contribution in [0.3, 0.4) is 0 Å². The van der Waals surface area contributed by atoms with Crippen molar-refractivity contribution >= 4 is 17.7 Å². The van der Waals surface area contributed by atoms with Crippen molar-refractivity contribution < 1.29 is 9.53 Å². The van der Waals surface area contributed by atoms with Crippen LogP contribution in [0.25, 0.3) is 0 Å². The Bertz CT molecular complexity index is 377. The Morgan fingerprint density at radius 2 is 2.11 bits per heavy atom. The SMILES string of the molecule is CC(C)CCOC(=O)CSc1n[nH]c(C(C)C)n1. The van der Waals surface area contributed by atoms with Crippen LogP contribution >= 0.6 is 11.8 Å². The van der Waals surface area contributed by atoms with Crippen molar-refractivity contribution in [1.82, 2.24) is 15.2 Å². The van der Waals surface area contributed by atoms with Crippen LogP contribution in [0.5, 0.6) is 0 Å².